The van der Waals surface area contributed by atoms with E-state index in [0.29, 0.717) is 6.61 Å². The van der Waals surface area contributed by atoms with E-state index in [-0.39, 0.29) is 12.1 Å². The van der Waals surface area contributed by atoms with Gasteiger partial charge in [-0.05, 0) is 31.0 Å². The molecule has 2 aromatic rings. The van der Waals surface area contributed by atoms with E-state index in [9.17, 15) is 0 Å². The second kappa shape index (κ2) is 8.03. The molecular formula is C16H21BrN2OS. The monoisotopic (exact) mass is 368 g/mol. The molecule has 0 spiro atoms. The van der Waals surface area contributed by atoms with E-state index in [0.717, 1.165) is 28.6 Å². The van der Waals surface area contributed by atoms with Gasteiger partial charge in [0.25, 0.3) is 0 Å². The van der Waals surface area contributed by atoms with Crippen LogP contribution in [0.15, 0.2) is 34.2 Å². The van der Waals surface area contributed by atoms with Gasteiger partial charge in [0, 0.05) is 21.8 Å². The molecule has 0 bridgehead atoms. The first-order chi connectivity index (χ1) is 10.1. The van der Waals surface area contributed by atoms with E-state index in [1.54, 1.807) is 11.3 Å². The van der Waals surface area contributed by atoms with Gasteiger partial charge in [0.05, 0.1) is 23.9 Å². The third-order valence-corrected chi connectivity index (χ3v) is 5.00. The minimum atomic E-state index is -0.0688. The molecule has 0 aliphatic rings. The summed E-state index contributed by atoms with van der Waals surface area (Å²) in [6.07, 6.45) is 1.70. The van der Waals surface area contributed by atoms with Gasteiger partial charge in [-0.25, -0.2) is 4.98 Å². The van der Waals surface area contributed by atoms with E-state index >= 15 is 0 Å². The molecule has 21 heavy (non-hydrogen) atoms. The fourth-order valence-corrected chi connectivity index (χ4v) is 3.39. The van der Waals surface area contributed by atoms with Gasteiger partial charge >= 0.3 is 0 Å². The van der Waals surface area contributed by atoms with Crippen molar-refractivity contribution in [2.24, 2.45) is 5.73 Å². The maximum atomic E-state index is 6.24. The summed E-state index contributed by atoms with van der Waals surface area (Å²) in [7, 11) is 0. The van der Waals surface area contributed by atoms with Crippen LogP contribution in [0.4, 0.5) is 0 Å². The summed E-state index contributed by atoms with van der Waals surface area (Å²) in [5, 5.41) is 0. The van der Waals surface area contributed by atoms with Crippen molar-refractivity contribution in [3.05, 3.63) is 50.4 Å². The Morgan fingerprint density at radius 1 is 1.43 bits per heavy atom. The van der Waals surface area contributed by atoms with Crippen LogP contribution in [-0.4, -0.2) is 17.6 Å². The van der Waals surface area contributed by atoms with Crippen molar-refractivity contribution in [3.8, 4) is 0 Å². The van der Waals surface area contributed by atoms with E-state index in [4.69, 9.17) is 10.5 Å². The number of rotatable bonds is 7. The molecule has 0 radical (unpaired) electrons. The van der Waals surface area contributed by atoms with Crippen LogP contribution in [0.25, 0.3) is 0 Å². The van der Waals surface area contributed by atoms with Crippen molar-refractivity contribution >= 4 is 27.3 Å². The van der Waals surface area contributed by atoms with E-state index in [1.165, 1.54) is 4.88 Å². The topological polar surface area (TPSA) is 48.1 Å². The molecule has 2 N–H and O–H groups in total. The highest BCUT2D eigenvalue weighted by Gasteiger charge is 2.19. The number of halogens is 1. The molecule has 3 nitrogen and oxygen atoms in total. The van der Waals surface area contributed by atoms with E-state index < -0.39 is 0 Å². The van der Waals surface area contributed by atoms with Crippen LogP contribution < -0.4 is 5.73 Å². The van der Waals surface area contributed by atoms with Crippen molar-refractivity contribution in [2.45, 2.75) is 38.8 Å². The summed E-state index contributed by atoms with van der Waals surface area (Å²) in [6, 6.07) is 8.19. The first kappa shape index (κ1) is 16.6. The lowest BCUT2D eigenvalue weighted by Crippen LogP contribution is -2.30. The van der Waals surface area contributed by atoms with Gasteiger partial charge in [0.2, 0.25) is 0 Å². The van der Waals surface area contributed by atoms with Crippen LogP contribution in [0.3, 0.4) is 0 Å². The molecule has 0 aliphatic carbocycles. The number of aryl methyl sites for hydroxylation is 1. The van der Waals surface area contributed by atoms with Crippen molar-refractivity contribution in [3.63, 3.8) is 0 Å². The Bertz CT molecular complexity index is 573. The molecule has 0 aliphatic heterocycles. The smallest absolute Gasteiger partial charge is 0.0976 e. The summed E-state index contributed by atoms with van der Waals surface area (Å²) in [4.78, 5) is 5.55. The normalized spacial score (nSPS) is 14.1. The molecule has 2 atom stereocenters. The van der Waals surface area contributed by atoms with Gasteiger partial charge in [-0.3, -0.25) is 0 Å². The molecule has 0 fully saturated rings. The third-order valence-electron chi connectivity index (χ3n) is 3.51. The van der Waals surface area contributed by atoms with Crippen LogP contribution >= 0.6 is 27.3 Å². The predicted molar refractivity (Wildman–Crippen MR) is 91.7 cm³/mol. The molecule has 0 amide bonds. The summed E-state index contributed by atoms with van der Waals surface area (Å²) < 4.78 is 7.15. The Kier molecular flexibility index (Phi) is 6.36. The number of thiazole rings is 1. The third kappa shape index (κ3) is 4.61. The summed E-state index contributed by atoms with van der Waals surface area (Å²) in [5.74, 6) is 0. The Morgan fingerprint density at radius 3 is 2.86 bits per heavy atom. The van der Waals surface area contributed by atoms with Crippen LogP contribution in [0, 0.1) is 6.92 Å². The van der Waals surface area contributed by atoms with Gasteiger partial charge in [-0.2, -0.15) is 0 Å². The number of ether oxygens (including phenoxy) is 1. The zero-order valence-electron chi connectivity index (χ0n) is 12.4. The molecule has 0 saturated heterocycles. The first-order valence-corrected chi connectivity index (χ1v) is 8.80. The maximum Gasteiger partial charge on any atom is 0.0976 e. The standard InChI is InChI=1S/C16H21BrN2OS/c1-3-14(18)16(12-5-4-6-13(17)9-12)20-8-7-15-11(2)19-10-21-15/h4-6,9-10,14,16H,3,7-8,18H2,1-2H3. The number of aromatic nitrogens is 1. The van der Waals surface area contributed by atoms with Crippen molar-refractivity contribution < 1.29 is 4.74 Å². The molecule has 1 aromatic heterocycles. The second-order valence-electron chi connectivity index (χ2n) is 5.03. The minimum Gasteiger partial charge on any atom is -0.372 e. The molecule has 1 aromatic carbocycles. The van der Waals surface area contributed by atoms with Crippen LogP contribution in [-0.2, 0) is 11.2 Å². The lowest BCUT2D eigenvalue weighted by atomic mass is 10.0. The molecule has 1 heterocycles. The molecule has 2 unspecified atom stereocenters. The summed E-state index contributed by atoms with van der Waals surface area (Å²) in [5.41, 5.74) is 10.3. The highest BCUT2D eigenvalue weighted by molar-refractivity contribution is 9.10. The Morgan fingerprint density at radius 2 is 2.24 bits per heavy atom. The van der Waals surface area contributed by atoms with Gasteiger partial charge in [0.1, 0.15) is 0 Å². The number of hydrogen-bond acceptors (Lipinski definition) is 4. The maximum absolute atomic E-state index is 6.24. The van der Waals surface area contributed by atoms with Crippen molar-refractivity contribution in [2.75, 3.05) is 6.61 Å². The Labute approximate surface area is 138 Å². The van der Waals surface area contributed by atoms with Crippen LogP contribution in [0.2, 0.25) is 0 Å². The zero-order valence-corrected chi connectivity index (χ0v) is 14.8. The fraction of sp³-hybridized carbons (Fsp3) is 0.438. The summed E-state index contributed by atoms with van der Waals surface area (Å²) >= 11 is 5.19. The average molecular weight is 369 g/mol. The average Bonchev–Trinajstić information content (AvgIpc) is 2.88. The molecule has 0 saturated carbocycles. The fourth-order valence-electron chi connectivity index (χ4n) is 2.21. The predicted octanol–water partition coefficient (Wildman–Crippen LogP) is 4.25. The quantitative estimate of drug-likeness (QED) is 0.794. The lowest BCUT2D eigenvalue weighted by Gasteiger charge is -2.24. The van der Waals surface area contributed by atoms with E-state index in [1.807, 2.05) is 24.6 Å². The second-order valence-corrected chi connectivity index (χ2v) is 6.88. The zero-order chi connectivity index (χ0) is 15.2. The molecular weight excluding hydrogens is 348 g/mol. The largest absolute Gasteiger partial charge is 0.372 e. The SMILES string of the molecule is CCC(N)C(OCCc1scnc1C)c1cccc(Br)c1. The van der Waals surface area contributed by atoms with Crippen LogP contribution in [0.5, 0.6) is 0 Å². The Balaban J connectivity index is 2.02. The highest BCUT2D eigenvalue weighted by atomic mass is 79.9. The van der Waals surface area contributed by atoms with Gasteiger partial charge in [-0.15, -0.1) is 11.3 Å². The van der Waals surface area contributed by atoms with E-state index in [2.05, 4.69) is 40.0 Å². The van der Waals surface area contributed by atoms with Crippen LogP contribution in [0.1, 0.15) is 35.6 Å². The van der Waals surface area contributed by atoms with Gasteiger partial charge in [0.15, 0.2) is 0 Å². The molecule has 2 rings (SSSR count). The van der Waals surface area contributed by atoms with Gasteiger partial charge < -0.3 is 10.5 Å². The number of nitrogens with zero attached hydrogens (tertiary/aromatic N) is 1. The summed E-state index contributed by atoms with van der Waals surface area (Å²) in [6.45, 7) is 4.79. The number of benzene rings is 1. The molecule has 114 valence electrons. The number of hydrogen-bond donors (Lipinski definition) is 1. The van der Waals surface area contributed by atoms with Crippen molar-refractivity contribution in [1.29, 1.82) is 0 Å². The van der Waals surface area contributed by atoms with Gasteiger partial charge in [-0.1, -0.05) is 35.0 Å². The minimum absolute atomic E-state index is 0.00172. The number of nitrogens with two attached hydrogens (primary N) is 1. The Hall–Kier alpha value is -0.750. The first-order valence-electron chi connectivity index (χ1n) is 7.13. The lowest BCUT2D eigenvalue weighted by molar-refractivity contribution is 0.0356. The highest BCUT2D eigenvalue weighted by Crippen LogP contribution is 2.25. The van der Waals surface area contributed by atoms with Crippen molar-refractivity contribution in [1.82, 2.24) is 4.98 Å². The molecule has 5 heteroatoms.